The molecule has 0 radical (unpaired) electrons. The first-order chi connectivity index (χ1) is 13.1. The van der Waals surface area contributed by atoms with Crippen LogP contribution < -0.4 is 10.6 Å². The summed E-state index contributed by atoms with van der Waals surface area (Å²) in [6.07, 6.45) is 1.72. The van der Waals surface area contributed by atoms with Gasteiger partial charge in [0, 0.05) is 38.8 Å². The van der Waals surface area contributed by atoms with E-state index in [0.29, 0.717) is 26.3 Å². The number of halogens is 2. The van der Waals surface area contributed by atoms with Crippen LogP contribution in [0.3, 0.4) is 0 Å². The number of nitrogens with zero attached hydrogens (tertiary/aromatic N) is 1. The second-order valence-corrected chi connectivity index (χ2v) is 7.11. The highest BCUT2D eigenvalue weighted by molar-refractivity contribution is 14.0. The Morgan fingerprint density at radius 3 is 2.54 bits per heavy atom. The van der Waals surface area contributed by atoms with E-state index in [4.69, 9.17) is 4.74 Å². The van der Waals surface area contributed by atoms with E-state index < -0.39 is 0 Å². The van der Waals surface area contributed by atoms with E-state index in [0.717, 1.165) is 24.4 Å². The molecule has 0 aliphatic carbocycles. The highest BCUT2D eigenvalue weighted by atomic mass is 127. The summed E-state index contributed by atoms with van der Waals surface area (Å²) in [6.45, 7) is 4.88. The molecule has 0 spiro atoms. The zero-order valence-corrected chi connectivity index (χ0v) is 18.8. The van der Waals surface area contributed by atoms with Gasteiger partial charge in [-0.3, -0.25) is 4.99 Å². The minimum absolute atomic E-state index is 0. The van der Waals surface area contributed by atoms with Crippen LogP contribution in [0.15, 0.2) is 53.5 Å². The Morgan fingerprint density at radius 2 is 1.86 bits per heavy atom. The lowest BCUT2D eigenvalue weighted by Crippen LogP contribution is -2.48. The highest BCUT2D eigenvalue weighted by Crippen LogP contribution is 2.34. The Hall–Kier alpha value is -1.67. The van der Waals surface area contributed by atoms with E-state index in [1.165, 1.54) is 17.2 Å². The summed E-state index contributed by atoms with van der Waals surface area (Å²) in [4.78, 5) is 4.35. The van der Waals surface area contributed by atoms with Crippen LogP contribution >= 0.6 is 24.0 Å². The molecule has 152 valence electrons. The third kappa shape index (κ3) is 5.67. The number of aliphatic imine (C=N–C) groups is 1. The number of guanidine groups is 1. The van der Waals surface area contributed by atoms with Crippen molar-refractivity contribution in [1.82, 2.24) is 10.6 Å². The van der Waals surface area contributed by atoms with Crippen LogP contribution in [0.1, 0.15) is 29.5 Å². The molecule has 0 atom stereocenters. The maximum Gasteiger partial charge on any atom is 0.191 e. The molecule has 0 aromatic heterocycles. The first kappa shape index (κ1) is 22.6. The Bertz CT molecular complexity index is 791. The molecule has 1 heterocycles. The van der Waals surface area contributed by atoms with E-state index in [1.54, 1.807) is 19.2 Å². The summed E-state index contributed by atoms with van der Waals surface area (Å²) >= 11 is 0. The molecule has 6 heteroatoms. The fraction of sp³-hybridized carbons (Fsp3) is 0.409. The molecule has 3 rings (SSSR count). The van der Waals surface area contributed by atoms with Crippen molar-refractivity contribution in [1.29, 1.82) is 0 Å². The molecule has 1 aliphatic heterocycles. The van der Waals surface area contributed by atoms with Gasteiger partial charge in [0.1, 0.15) is 5.82 Å². The van der Waals surface area contributed by atoms with Crippen molar-refractivity contribution in [3.63, 3.8) is 0 Å². The average Bonchev–Trinajstić information content (AvgIpc) is 2.70. The fourth-order valence-corrected chi connectivity index (χ4v) is 3.61. The molecule has 0 unspecified atom stereocenters. The Morgan fingerprint density at radius 1 is 1.11 bits per heavy atom. The first-order valence-electron chi connectivity index (χ1n) is 9.46. The normalized spacial score (nSPS) is 16.2. The second-order valence-electron chi connectivity index (χ2n) is 7.11. The molecular formula is C22H29FIN3O. The van der Waals surface area contributed by atoms with Gasteiger partial charge in [0.15, 0.2) is 5.96 Å². The van der Waals surface area contributed by atoms with Gasteiger partial charge in [0.05, 0.1) is 0 Å². The van der Waals surface area contributed by atoms with E-state index in [9.17, 15) is 4.39 Å². The third-order valence-corrected chi connectivity index (χ3v) is 5.41. The van der Waals surface area contributed by atoms with Crippen LogP contribution in [0.25, 0.3) is 0 Å². The van der Waals surface area contributed by atoms with Crippen LogP contribution in [0, 0.1) is 12.7 Å². The largest absolute Gasteiger partial charge is 0.381 e. The van der Waals surface area contributed by atoms with Gasteiger partial charge < -0.3 is 15.4 Å². The van der Waals surface area contributed by atoms with Gasteiger partial charge in [0.2, 0.25) is 0 Å². The summed E-state index contributed by atoms with van der Waals surface area (Å²) < 4.78 is 19.4. The molecule has 4 nitrogen and oxygen atoms in total. The molecule has 2 aromatic carbocycles. The lowest BCUT2D eigenvalue weighted by Gasteiger charge is -2.38. The number of hydrogen-bond acceptors (Lipinski definition) is 2. The molecule has 28 heavy (non-hydrogen) atoms. The van der Waals surface area contributed by atoms with Crippen molar-refractivity contribution in [2.75, 3.05) is 26.8 Å². The third-order valence-electron chi connectivity index (χ3n) is 5.41. The van der Waals surface area contributed by atoms with Gasteiger partial charge in [-0.05, 0) is 48.6 Å². The molecule has 0 bridgehead atoms. The lowest BCUT2D eigenvalue weighted by molar-refractivity contribution is 0.0513. The standard InChI is InChI=1S/C22H28FN3O.HI/c1-17-6-3-4-7-18(17)15-25-21(24-2)26-16-22(10-12-27-13-11-22)19-8-5-9-20(23)14-19;/h3-9,14H,10-13,15-16H2,1-2H3,(H2,24,25,26);1H. The Labute approximate surface area is 184 Å². The molecule has 0 saturated carbocycles. The van der Waals surface area contributed by atoms with Gasteiger partial charge in [-0.2, -0.15) is 0 Å². The molecule has 2 N–H and O–H groups in total. The van der Waals surface area contributed by atoms with Crippen LogP contribution in [-0.2, 0) is 16.7 Å². The number of ether oxygens (including phenoxy) is 1. The second kappa shape index (κ2) is 10.8. The Kier molecular flexibility index (Phi) is 8.69. The van der Waals surface area contributed by atoms with Gasteiger partial charge in [-0.15, -0.1) is 24.0 Å². The predicted molar refractivity (Wildman–Crippen MR) is 123 cm³/mol. The monoisotopic (exact) mass is 497 g/mol. The lowest BCUT2D eigenvalue weighted by atomic mass is 9.74. The Balaban J connectivity index is 0.00000280. The van der Waals surface area contributed by atoms with Crippen molar-refractivity contribution in [3.05, 3.63) is 71.0 Å². The van der Waals surface area contributed by atoms with Gasteiger partial charge >= 0.3 is 0 Å². The number of hydrogen-bond donors (Lipinski definition) is 2. The van der Waals surface area contributed by atoms with Gasteiger partial charge in [0.25, 0.3) is 0 Å². The van der Waals surface area contributed by atoms with E-state index in [2.05, 4.69) is 34.7 Å². The number of rotatable bonds is 5. The highest BCUT2D eigenvalue weighted by Gasteiger charge is 2.34. The van der Waals surface area contributed by atoms with Crippen LogP contribution in [0.4, 0.5) is 4.39 Å². The maximum atomic E-state index is 13.8. The first-order valence-corrected chi connectivity index (χ1v) is 9.46. The predicted octanol–water partition coefficient (Wildman–Crippen LogP) is 4.17. The van der Waals surface area contributed by atoms with Gasteiger partial charge in [-0.1, -0.05) is 36.4 Å². The summed E-state index contributed by atoms with van der Waals surface area (Å²) in [5.41, 5.74) is 3.36. The zero-order chi connectivity index (χ0) is 19.1. The summed E-state index contributed by atoms with van der Waals surface area (Å²) in [6, 6.07) is 15.2. The minimum atomic E-state index is -0.194. The van der Waals surface area contributed by atoms with Crippen molar-refractivity contribution < 1.29 is 9.13 Å². The van der Waals surface area contributed by atoms with Crippen molar-refractivity contribution in [3.8, 4) is 0 Å². The molecular weight excluding hydrogens is 468 g/mol. The number of nitrogens with one attached hydrogen (secondary N) is 2. The average molecular weight is 497 g/mol. The minimum Gasteiger partial charge on any atom is -0.381 e. The molecule has 1 saturated heterocycles. The number of benzene rings is 2. The summed E-state index contributed by atoms with van der Waals surface area (Å²) in [5, 5.41) is 6.83. The van der Waals surface area contributed by atoms with Crippen LogP contribution in [0.2, 0.25) is 0 Å². The van der Waals surface area contributed by atoms with Crippen LogP contribution in [0.5, 0.6) is 0 Å². The molecule has 0 amide bonds. The quantitative estimate of drug-likeness (QED) is 0.371. The molecule has 1 aliphatic rings. The molecule has 1 fully saturated rings. The van der Waals surface area contributed by atoms with Gasteiger partial charge in [-0.25, -0.2) is 4.39 Å². The summed E-state index contributed by atoms with van der Waals surface area (Å²) in [5.74, 6) is 0.556. The van der Waals surface area contributed by atoms with Crippen LogP contribution in [-0.4, -0.2) is 32.8 Å². The van der Waals surface area contributed by atoms with E-state index in [1.807, 2.05) is 18.2 Å². The van der Waals surface area contributed by atoms with Crippen molar-refractivity contribution in [2.24, 2.45) is 4.99 Å². The smallest absolute Gasteiger partial charge is 0.191 e. The zero-order valence-electron chi connectivity index (χ0n) is 16.5. The maximum absolute atomic E-state index is 13.8. The van der Waals surface area contributed by atoms with Crippen molar-refractivity contribution >= 4 is 29.9 Å². The summed E-state index contributed by atoms with van der Waals surface area (Å²) in [7, 11) is 1.77. The van der Waals surface area contributed by atoms with E-state index >= 15 is 0 Å². The van der Waals surface area contributed by atoms with Crippen molar-refractivity contribution in [2.45, 2.75) is 31.7 Å². The molecule has 2 aromatic rings. The number of aryl methyl sites for hydroxylation is 1. The SMILES string of the molecule is CN=C(NCc1ccccc1C)NCC1(c2cccc(F)c2)CCOCC1.I. The topological polar surface area (TPSA) is 45.7 Å². The fourth-order valence-electron chi connectivity index (χ4n) is 3.61. The van der Waals surface area contributed by atoms with E-state index in [-0.39, 0.29) is 35.2 Å².